The molecule has 2 fully saturated rings. The maximum absolute atomic E-state index is 11.2. The number of piperazine rings is 1. The molecule has 6 heteroatoms. The monoisotopic (exact) mass is 416 g/mol. The van der Waals surface area contributed by atoms with Crippen LogP contribution in [-0.4, -0.2) is 68.7 Å². The van der Waals surface area contributed by atoms with Crippen LogP contribution in [0.1, 0.15) is 39.0 Å². The molecule has 0 spiro atoms. The van der Waals surface area contributed by atoms with E-state index >= 15 is 0 Å². The fourth-order valence-corrected chi connectivity index (χ4v) is 4.92. The van der Waals surface area contributed by atoms with Crippen LogP contribution in [0.4, 0.5) is 10.5 Å². The van der Waals surface area contributed by atoms with E-state index in [4.69, 9.17) is 0 Å². The molecular weight excluding hydrogens is 380 g/mol. The summed E-state index contributed by atoms with van der Waals surface area (Å²) in [6.07, 6.45) is 6.16. The van der Waals surface area contributed by atoms with Crippen molar-refractivity contribution in [3.05, 3.63) is 29.6 Å². The Bertz CT molecular complexity index is 761. The Morgan fingerprint density at radius 1 is 1.10 bits per heavy atom. The molecule has 2 heterocycles. The zero-order chi connectivity index (χ0) is 20.6. The van der Waals surface area contributed by atoms with Crippen molar-refractivity contribution in [2.24, 2.45) is 0 Å². The van der Waals surface area contributed by atoms with Gasteiger partial charge in [-0.2, -0.15) is 0 Å². The van der Waals surface area contributed by atoms with E-state index < -0.39 is 0 Å². The van der Waals surface area contributed by atoms with Crippen LogP contribution in [0, 0.1) is 0 Å². The van der Waals surface area contributed by atoms with Crippen molar-refractivity contribution in [3.63, 3.8) is 0 Å². The van der Waals surface area contributed by atoms with Gasteiger partial charge in [0.15, 0.2) is 0 Å². The number of benzene rings is 1. The lowest BCUT2D eigenvalue weighted by atomic mass is 9.96. The smallest absolute Gasteiger partial charge is 0.317 e. The molecule has 1 saturated heterocycles. The first-order chi connectivity index (χ1) is 14.1. The average molecular weight is 417 g/mol. The lowest BCUT2D eigenvalue weighted by Crippen LogP contribution is -2.46. The largest absolute Gasteiger partial charge is 0.368 e. The van der Waals surface area contributed by atoms with Gasteiger partial charge in [-0.25, -0.2) is 4.79 Å². The number of nitrogens with zero attached hydrogens (tertiary/aromatic N) is 3. The topological polar surface area (TPSA) is 38.8 Å². The first-order valence-corrected chi connectivity index (χ1v) is 11.9. The molecule has 0 unspecified atom stereocenters. The number of hydrogen-bond acceptors (Lipinski definition) is 4. The van der Waals surface area contributed by atoms with Crippen LogP contribution in [0.3, 0.4) is 0 Å². The van der Waals surface area contributed by atoms with E-state index in [1.165, 1.54) is 54.7 Å². The molecule has 5 nitrogen and oxygen atoms in total. The third-order valence-corrected chi connectivity index (χ3v) is 6.85. The fourth-order valence-electron chi connectivity index (χ4n) is 4.11. The van der Waals surface area contributed by atoms with Crippen LogP contribution in [0.25, 0.3) is 10.1 Å². The van der Waals surface area contributed by atoms with Crippen molar-refractivity contribution in [3.8, 4) is 0 Å². The van der Waals surface area contributed by atoms with Crippen LogP contribution in [0.2, 0.25) is 0 Å². The third kappa shape index (κ3) is 6.09. The lowest BCUT2D eigenvalue weighted by Gasteiger charge is -2.35. The number of carbonyl (C=O) groups excluding carboxylic acids is 1. The number of thiophene rings is 1. The van der Waals surface area contributed by atoms with E-state index in [0.29, 0.717) is 6.04 Å². The van der Waals surface area contributed by atoms with E-state index in [9.17, 15) is 4.79 Å². The molecule has 1 aliphatic carbocycles. The van der Waals surface area contributed by atoms with Crippen molar-refractivity contribution in [1.29, 1.82) is 0 Å². The highest BCUT2D eigenvalue weighted by molar-refractivity contribution is 7.17. The van der Waals surface area contributed by atoms with E-state index in [0.717, 1.165) is 25.9 Å². The number of anilines is 1. The number of urea groups is 1. The predicted molar refractivity (Wildman–Crippen MR) is 125 cm³/mol. The van der Waals surface area contributed by atoms with E-state index in [-0.39, 0.29) is 6.03 Å². The van der Waals surface area contributed by atoms with E-state index in [2.05, 4.69) is 51.7 Å². The van der Waals surface area contributed by atoms with Crippen molar-refractivity contribution in [2.45, 2.75) is 45.1 Å². The van der Waals surface area contributed by atoms with Gasteiger partial charge in [-0.3, -0.25) is 0 Å². The summed E-state index contributed by atoms with van der Waals surface area (Å²) in [5.74, 6) is 0. The molecule has 1 aromatic carbocycles. The maximum atomic E-state index is 11.2. The van der Waals surface area contributed by atoms with Gasteiger partial charge in [0, 0.05) is 62.1 Å². The molecule has 2 aliphatic rings. The van der Waals surface area contributed by atoms with Crippen LogP contribution >= 0.6 is 11.3 Å². The molecule has 0 atom stereocenters. The number of hydrogen-bond donors (Lipinski definition) is 1. The van der Waals surface area contributed by atoms with Crippen LogP contribution in [0.5, 0.6) is 0 Å². The van der Waals surface area contributed by atoms with Gasteiger partial charge in [0.2, 0.25) is 0 Å². The highest BCUT2D eigenvalue weighted by Gasteiger charge is 2.17. The van der Waals surface area contributed by atoms with E-state index in [1.54, 1.807) is 19.0 Å². The molecule has 2 aromatic rings. The summed E-state index contributed by atoms with van der Waals surface area (Å²) in [6, 6.07) is 9.38. The average Bonchev–Trinajstić information content (AvgIpc) is 3.24. The van der Waals surface area contributed by atoms with Crippen LogP contribution in [-0.2, 0) is 0 Å². The first-order valence-electron chi connectivity index (χ1n) is 11.0. The molecule has 1 N–H and O–H groups in total. The summed E-state index contributed by atoms with van der Waals surface area (Å²) in [7, 11) is 3.55. The van der Waals surface area contributed by atoms with Gasteiger partial charge in [-0.05, 0) is 43.0 Å². The van der Waals surface area contributed by atoms with Crippen LogP contribution < -0.4 is 10.2 Å². The SMILES string of the molecule is CCN1CCN(c2cccc3sccc23)CC1.CN(C)C(=O)NC1CCCCC1. The standard InChI is InChI=1S/C14H18N2S.C9H18N2O/c1-2-15-7-9-16(10-8-15)13-4-3-5-14-12(13)6-11-17-14;1-11(2)9(12)10-8-6-4-3-5-7-8/h3-6,11H,2,7-10H2,1H3;8H,3-7H2,1-2H3,(H,10,12). The van der Waals surface area contributed by atoms with Gasteiger partial charge in [0.05, 0.1) is 0 Å². The zero-order valence-electron chi connectivity index (χ0n) is 18.2. The van der Waals surface area contributed by atoms with Gasteiger partial charge in [-0.15, -0.1) is 11.3 Å². The minimum Gasteiger partial charge on any atom is -0.368 e. The number of amides is 2. The zero-order valence-corrected chi connectivity index (χ0v) is 19.0. The summed E-state index contributed by atoms with van der Waals surface area (Å²) in [5.41, 5.74) is 1.42. The van der Waals surface area contributed by atoms with Crippen LogP contribution in [0.15, 0.2) is 29.6 Å². The normalized spacial score (nSPS) is 18.2. The second-order valence-corrected chi connectivity index (χ2v) is 9.16. The molecule has 4 rings (SSSR count). The molecule has 2 amide bonds. The van der Waals surface area contributed by atoms with Gasteiger partial charge in [-0.1, -0.05) is 32.3 Å². The Hall–Kier alpha value is -1.79. The van der Waals surface area contributed by atoms with Crippen molar-refractivity contribution in [2.75, 3.05) is 51.7 Å². The summed E-state index contributed by atoms with van der Waals surface area (Å²) in [4.78, 5) is 17.9. The molecule has 1 saturated carbocycles. The number of likely N-dealkylation sites (N-methyl/N-ethyl adjacent to an activating group) is 1. The first kappa shape index (κ1) is 21.9. The van der Waals surface area contributed by atoms with Gasteiger partial charge >= 0.3 is 6.03 Å². The highest BCUT2D eigenvalue weighted by Crippen LogP contribution is 2.31. The maximum Gasteiger partial charge on any atom is 0.317 e. The van der Waals surface area contributed by atoms with Gasteiger partial charge in [0.25, 0.3) is 0 Å². The second kappa shape index (κ2) is 10.8. The molecule has 0 radical (unpaired) electrons. The predicted octanol–water partition coefficient (Wildman–Crippen LogP) is 4.63. The minimum absolute atomic E-state index is 0.0434. The molecule has 160 valence electrons. The summed E-state index contributed by atoms with van der Waals surface area (Å²) < 4.78 is 1.40. The number of nitrogens with one attached hydrogen (secondary N) is 1. The van der Waals surface area contributed by atoms with Gasteiger partial charge in [0.1, 0.15) is 0 Å². The number of carbonyl (C=O) groups is 1. The Kier molecular flexibility index (Phi) is 8.19. The summed E-state index contributed by atoms with van der Waals surface area (Å²) in [6.45, 7) is 8.12. The van der Waals surface area contributed by atoms with Crippen molar-refractivity contribution in [1.82, 2.24) is 15.1 Å². The number of rotatable bonds is 3. The molecule has 0 bridgehead atoms. The Morgan fingerprint density at radius 2 is 1.83 bits per heavy atom. The number of fused-ring (bicyclic) bond motifs is 1. The quantitative estimate of drug-likeness (QED) is 0.793. The molecule has 1 aromatic heterocycles. The Balaban J connectivity index is 0.000000177. The molecular formula is C23H36N4OS. The summed E-state index contributed by atoms with van der Waals surface area (Å²) in [5, 5.41) is 6.62. The van der Waals surface area contributed by atoms with Crippen molar-refractivity contribution < 1.29 is 4.79 Å². The highest BCUT2D eigenvalue weighted by atomic mass is 32.1. The summed E-state index contributed by atoms with van der Waals surface area (Å²) >= 11 is 1.83. The second-order valence-electron chi connectivity index (χ2n) is 8.21. The third-order valence-electron chi connectivity index (χ3n) is 5.97. The minimum atomic E-state index is 0.0434. The molecule has 29 heavy (non-hydrogen) atoms. The Labute approximate surface area is 179 Å². The Morgan fingerprint density at radius 3 is 2.48 bits per heavy atom. The lowest BCUT2D eigenvalue weighted by molar-refractivity contribution is 0.209. The fraction of sp³-hybridized carbons (Fsp3) is 0.609. The van der Waals surface area contributed by atoms with Crippen molar-refractivity contribution >= 4 is 33.1 Å². The van der Waals surface area contributed by atoms with E-state index in [1.807, 2.05) is 11.3 Å². The molecule has 1 aliphatic heterocycles. The van der Waals surface area contributed by atoms with Gasteiger partial charge < -0.3 is 20.0 Å².